The number of aromatic nitrogens is 1. The third kappa shape index (κ3) is 4.44. The van der Waals surface area contributed by atoms with Crippen LogP contribution in [-0.2, 0) is 4.74 Å². The normalized spacial score (nSPS) is 14.6. The summed E-state index contributed by atoms with van der Waals surface area (Å²) in [6.07, 6.45) is 4.90. The van der Waals surface area contributed by atoms with E-state index in [2.05, 4.69) is 37.1 Å². The number of nitrogens with one attached hydrogen (secondary N) is 1. The highest BCUT2D eigenvalue weighted by atomic mass is 16.5. The summed E-state index contributed by atoms with van der Waals surface area (Å²) in [6, 6.07) is 2.44. The van der Waals surface area contributed by atoms with Crippen LogP contribution in [0.25, 0.3) is 0 Å². The summed E-state index contributed by atoms with van der Waals surface area (Å²) in [5.41, 5.74) is 2.60. The molecule has 17 heavy (non-hydrogen) atoms. The summed E-state index contributed by atoms with van der Waals surface area (Å²) in [4.78, 5) is 4.23. The Kier molecular flexibility index (Phi) is 6.16. The molecule has 1 aromatic rings. The lowest BCUT2D eigenvalue weighted by atomic mass is 9.95. The number of aryl methyl sites for hydroxylation is 1. The van der Waals surface area contributed by atoms with Gasteiger partial charge in [-0.05, 0) is 43.0 Å². The predicted molar refractivity (Wildman–Crippen MR) is 71.0 cm³/mol. The van der Waals surface area contributed by atoms with Crippen molar-refractivity contribution >= 4 is 0 Å². The van der Waals surface area contributed by atoms with Crippen LogP contribution in [0.3, 0.4) is 0 Å². The Hall–Kier alpha value is -0.930. The van der Waals surface area contributed by atoms with E-state index in [-0.39, 0.29) is 0 Å². The maximum atomic E-state index is 5.21. The van der Waals surface area contributed by atoms with Crippen LogP contribution in [0.15, 0.2) is 18.5 Å². The first-order valence-electron chi connectivity index (χ1n) is 6.31. The minimum atomic E-state index is 0.374. The first kappa shape index (κ1) is 14.1. The van der Waals surface area contributed by atoms with Crippen molar-refractivity contribution in [3.8, 4) is 0 Å². The van der Waals surface area contributed by atoms with Crippen molar-refractivity contribution in [2.45, 2.75) is 33.2 Å². The average Bonchev–Trinajstić information content (AvgIpc) is 2.29. The lowest BCUT2D eigenvalue weighted by Crippen LogP contribution is -2.25. The van der Waals surface area contributed by atoms with Gasteiger partial charge in [-0.15, -0.1) is 0 Å². The topological polar surface area (TPSA) is 34.1 Å². The van der Waals surface area contributed by atoms with Gasteiger partial charge in [0.05, 0.1) is 0 Å². The molecule has 0 saturated heterocycles. The number of hydrogen-bond donors (Lipinski definition) is 1. The van der Waals surface area contributed by atoms with Gasteiger partial charge in [-0.3, -0.25) is 4.98 Å². The molecule has 3 nitrogen and oxygen atoms in total. The van der Waals surface area contributed by atoms with Crippen molar-refractivity contribution in [2.24, 2.45) is 5.92 Å². The fraction of sp³-hybridized carbons (Fsp3) is 0.643. The summed E-state index contributed by atoms with van der Waals surface area (Å²) in [5, 5.41) is 3.53. The molecule has 0 fully saturated rings. The number of ether oxygens (including phenoxy) is 1. The zero-order valence-corrected chi connectivity index (χ0v) is 11.4. The zero-order chi connectivity index (χ0) is 12.7. The summed E-state index contributed by atoms with van der Waals surface area (Å²) in [6.45, 7) is 8.28. The molecule has 1 heterocycles. The van der Waals surface area contributed by atoms with Gasteiger partial charge in [-0.1, -0.05) is 13.8 Å². The molecule has 1 rings (SSSR count). The molecule has 0 saturated carbocycles. The summed E-state index contributed by atoms with van der Waals surface area (Å²) < 4.78 is 5.21. The lowest BCUT2D eigenvalue weighted by Gasteiger charge is -2.23. The second kappa shape index (κ2) is 7.41. The molecule has 0 radical (unpaired) electrons. The van der Waals surface area contributed by atoms with Gasteiger partial charge in [0.1, 0.15) is 0 Å². The third-order valence-electron chi connectivity index (χ3n) is 2.99. The van der Waals surface area contributed by atoms with Gasteiger partial charge in [0.2, 0.25) is 0 Å². The van der Waals surface area contributed by atoms with E-state index in [1.165, 1.54) is 11.1 Å². The fourth-order valence-corrected chi connectivity index (χ4v) is 2.16. The van der Waals surface area contributed by atoms with E-state index in [1.807, 2.05) is 12.4 Å². The standard InChI is InChI=1S/C14H24N2O/c1-5-16-14(8-11(2)10-17-4)13-9-15-7-6-12(13)3/h6-7,9,11,14,16H,5,8,10H2,1-4H3. The second-order valence-electron chi connectivity index (χ2n) is 4.64. The highest BCUT2D eigenvalue weighted by Crippen LogP contribution is 2.23. The van der Waals surface area contributed by atoms with Crippen LogP contribution in [0, 0.1) is 12.8 Å². The Morgan fingerprint density at radius 1 is 1.47 bits per heavy atom. The zero-order valence-electron chi connectivity index (χ0n) is 11.4. The molecule has 3 heteroatoms. The van der Waals surface area contributed by atoms with Gasteiger partial charge < -0.3 is 10.1 Å². The van der Waals surface area contributed by atoms with Crippen molar-refractivity contribution in [3.63, 3.8) is 0 Å². The summed E-state index contributed by atoms with van der Waals surface area (Å²) in [5.74, 6) is 0.545. The molecule has 1 aromatic heterocycles. The Bertz CT molecular complexity index is 328. The molecule has 0 aromatic carbocycles. The van der Waals surface area contributed by atoms with Crippen LogP contribution in [0.2, 0.25) is 0 Å². The van der Waals surface area contributed by atoms with Crippen LogP contribution in [0.4, 0.5) is 0 Å². The second-order valence-corrected chi connectivity index (χ2v) is 4.64. The van der Waals surface area contributed by atoms with E-state index in [4.69, 9.17) is 4.74 Å². The largest absolute Gasteiger partial charge is 0.384 e. The summed E-state index contributed by atoms with van der Waals surface area (Å²) in [7, 11) is 1.76. The quantitative estimate of drug-likeness (QED) is 0.790. The highest BCUT2D eigenvalue weighted by molar-refractivity contribution is 5.25. The molecule has 0 aliphatic carbocycles. The maximum absolute atomic E-state index is 5.21. The Morgan fingerprint density at radius 2 is 2.24 bits per heavy atom. The number of nitrogens with zero attached hydrogens (tertiary/aromatic N) is 1. The van der Waals surface area contributed by atoms with Gasteiger partial charge in [0.15, 0.2) is 0 Å². The lowest BCUT2D eigenvalue weighted by molar-refractivity contribution is 0.149. The smallest absolute Gasteiger partial charge is 0.0488 e. The van der Waals surface area contributed by atoms with E-state index >= 15 is 0 Å². The number of methoxy groups -OCH3 is 1. The van der Waals surface area contributed by atoms with E-state index in [0.717, 1.165) is 19.6 Å². The molecule has 0 amide bonds. The van der Waals surface area contributed by atoms with Crippen LogP contribution < -0.4 is 5.32 Å². The highest BCUT2D eigenvalue weighted by Gasteiger charge is 2.16. The number of pyridine rings is 1. The molecule has 1 N–H and O–H groups in total. The molecule has 0 bridgehead atoms. The average molecular weight is 236 g/mol. The van der Waals surface area contributed by atoms with Gasteiger partial charge in [-0.2, -0.15) is 0 Å². The maximum Gasteiger partial charge on any atom is 0.0488 e. The van der Waals surface area contributed by atoms with Crippen molar-refractivity contribution in [3.05, 3.63) is 29.6 Å². The fourth-order valence-electron chi connectivity index (χ4n) is 2.16. The number of rotatable bonds is 7. The third-order valence-corrected chi connectivity index (χ3v) is 2.99. The Labute approximate surface area is 105 Å². The minimum absolute atomic E-state index is 0.374. The van der Waals surface area contributed by atoms with Gasteiger partial charge in [-0.25, -0.2) is 0 Å². The molecular formula is C14H24N2O. The van der Waals surface area contributed by atoms with Gasteiger partial charge >= 0.3 is 0 Å². The van der Waals surface area contributed by atoms with E-state index in [0.29, 0.717) is 12.0 Å². The van der Waals surface area contributed by atoms with E-state index < -0.39 is 0 Å². The first-order chi connectivity index (χ1) is 8.19. The van der Waals surface area contributed by atoms with Crippen LogP contribution in [0.1, 0.15) is 37.4 Å². The van der Waals surface area contributed by atoms with Gasteiger partial charge in [0, 0.05) is 32.2 Å². The molecule has 2 unspecified atom stereocenters. The molecule has 2 atom stereocenters. The molecular weight excluding hydrogens is 212 g/mol. The van der Waals surface area contributed by atoms with Crippen molar-refractivity contribution in [1.29, 1.82) is 0 Å². The molecule has 0 aliphatic rings. The van der Waals surface area contributed by atoms with E-state index in [9.17, 15) is 0 Å². The molecule has 0 aliphatic heterocycles. The SMILES string of the molecule is CCNC(CC(C)COC)c1cnccc1C. The Morgan fingerprint density at radius 3 is 2.82 bits per heavy atom. The first-order valence-corrected chi connectivity index (χ1v) is 6.31. The number of hydrogen-bond acceptors (Lipinski definition) is 3. The molecule has 96 valence electrons. The van der Waals surface area contributed by atoms with Crippen molar-refractivity contribution in [2.75, 3.05) is 20.3 Å². The van der Waals surface area contributed by atoms with E-state index in [1.54, 1.807) is 7.11 Å². The van der Waals surface area contributed by atoms with Crippen LogP contribution in [0.5, 0.6) is 0 Å². The van der Waals surface area contributed by atoms with Gasteiger partial charge in [0.25, 0.3) is 0 Å². The predicted octanol–water partition coefficient (Wildman–Crippen LogP) is 2.71. The molecule has 0 spiro atoms. The monoisotopic (exact) mass is 236 g/mol. The minimum Gasteiger partial charge on any atom is -0.384 e. The van der Waals surface area contributed by atoms with Crippen molar-refractivity contribution in [1.82, 2.24) is 10.3 Å². The van der Waals surface area contributed by atoms with Crippen LogP contribution >= 0.6 is 0 Å². The van der Waals surface area contributed by atoms with Crippen molar-refractivity contribution < 1.29 is 4.74 Å². The summed E-state index contributed by atoms with van der Waals surface area (Å²) >= 11 is 0. The van der Waals surface area contributed by atoms with Crippen LogP contribution in [-0.4, -0.2) is 25.2 Å². The Balaban J connectivity index is 2.75.